The van der Waals surface area contributed by atoms with Gasteiger partial charge in [-0.15, -0.1) is 0 Å². The Morgan fingerprint density at radius 3 is 2.86 bits per heavy atom. The topological polar surface area (TPSA) is 64.1 Å². The fraction of sp³-hybridized carbons (Fsp3) is 0.500. The number of para-hydroxylation sites is 1. The van der Waals surface area contributed by atoms with Gasteiger partial charge < -0.3 is 14.3 Å². The van der Waals surface area contributed by atoms with Crippen molar-refractivity contribution in [2.75, 3.05) is 18.1 Å². The van der Waals surface area contributed by atoms with Crippen molar-refractivity contribution < 1.29 is 13.2 Å². The Morgan fingerprint density at radius 1 is 1.48 bits per heavy atom. The van der Waals surface area contributed by atoms with Crippen LogP contribution in [0.5, 0.6) is 5.75 Å². The van der Waals surface area contributed by atoms with Gasteiger partial charge in [-0.05, 0) is 44.6 Å². The van der Waals surface area contributed by atoms with Crippen LogP contribution in [0.1, 0.15) is 20.3 Å². The molecule has 1 N–H and O–H groups in total. The lowest BCUT2D eigenvalue weighted by molar-refractivity contribution is 0.343. The molecule has 2 heterocycles. The first-order valence-electron chi connectivity index (χ1n) is 6.94. The van der Waals surface area contributed by atoms with Crippen LogP contribution in [-0.2, 0) is 15.4 Å². The molecule has 1 atom stereocenters. The van der Waals surface area contributed by atoms with Crippen molar-refractivity contribution in [3.8, 4) is 5.75 Å². The zero-order chi connectivity index (χ0) is 15.3. The summed E-state index contributed by atoms with van der Waals surface area (Å²) in [5.41, 5.74) is 1.22. The number of fused-ring (bicyclic) bond motifs is 1. The summed E-state index contributed by atoms with van der Waals surface area (Å²) in [6.45, 7) is 4.44. The Balaban J connectivity index is 2.23. The number of aromatic nitrogens is 2. The van der Waals surface area contributed by atoms with E-state index in [0.717, 1.165) is 16.8 Å². The minimum Gasteiger partial charge on any atom is -0.492 e. The summed E-state index contributed by atoms with van der Waals surface area (Å²) in [6.07, 6.45) is 0.579. The van der Waals surface area contributed by atoms with E-state index in [1.807, 2.05) is 36.6 Å². The molecule has 114 valence electrons. The Morgan fingerprint density at radius 2 is 2.24 bits per heavy atom. The molecule has 1 aliphatic heterocycles. The first-order chi connectivity index (χ1) is 9.86. The molecule has 1 saturated heterocycles. The van der Waals surface area contributed by atoms with Crippen LogP contribution in [0.2, 0.25) is 0 Å². The number of nitrogens with zero attached hydrogens (tertiary/aromatic N) is 1. The van der Waals surface area contributed by atoms with Gasteiger partial charge in [-0.25, -0.2) is 8.42 Å². The molecule has 5 nitrogen and oxygen atoms in total. The number of nitrogens with one attached hydrogen (secondary N) is 1. The van der Waals surface area contributed by atoms with E-state index >= 15 is 0 Å². The third-order valence-corrected chi connectivity index (χ3v) is 6.17. The highest BCUT2D eigenvalue weighted by molar-refractivity contribution is 7.91. The van der Waals surface area contributed by atoms with E-state index in [4.69, 9.17) is 17.0 Å². The van der Waals surface area contributed by atoms with Crippen molar-refractivity contribution in [1.29, 1.82) is 0 Å². The maximum absolute atomic E-state index is 11.9. The first-order valence-corrected chi connectivity index (χ1v) is 9.17. The number of rotatable bonds is 3. The highest BCUT2D eigenvalue weighted by atomic mass is 32.2. The monoisotopic (exact) mass is 326 g/mol. The molecular weight excluding hydrogens is 308 g/mol. The Kier molecular flexibility index (Phi) is 3.37. The van der Waals surface area contributed by atoms with Gasteiger partial charge in [0.25, 0.3) is 0 Å². The molecule has 0 radical (unpaired) electrons. The highest BCUT2D eigenvalue weighted by Gasteiger charge is 2.41. The van der Waals surface area contributed by atoms with Gasteiger partial charge in [0.2, 0.25) is 0 Å². The smallest absolute Gasteiger partial charge is 0.178 e. The van der Waals surface area contributed by atoms with Crippen LogP contribution in [0.3, 0.4) is 0 Å². The summed E-state index contributed by atoms with van der Waals surface area (Å²) in [4.78, 5) is 3.17. The van der Waals surface area contributed by atoms with Gasteiger partial charge in [0, 0.05) is 0 Å². The van der Waals surface area contributed by atoms with E-state index in [-0.39, 0.29) is 11.5 Å². The number of H-pyrrole nitrogens is 1. The lowest BCUT2D eigenvalue weighted by Gasteiger charge is -2.25. The van der Waals surface area contributed by atoms with Crippen LogP contribution in [0, 0.1) is 4.77 Å². The Bertz CT molecular complexity index is 851. The molecule has 21 heavy (non-hydrogen) atoms. The third kappa shape index (κ3) is 2.38. The minimum atomic E-state index is -3.00. The van der Waals surface area contributed by atoms with E-state index in [2.05, 4.69) is 4.98 Å². The predicted molar refractivity (Wildman–Crippen MR) is 85.2 cm³/mol. The molecule has 0 aliphatic carbocycles. The summed E-state index contributed by atoms with van der Waals surface area (Å²) in [6, 6.07) is 5.73. The molecule has 7 heteroatoms. The number of hydrogen-bond donors (Lipinski definition) is 1. The van der Waals surface area contributed by atoms with Gasteiger partial charge in [-0.3, -0.25) is 0 Å². The zero-order valence-electron chi connectivity index (χ0n) is 12.0. The van der Waals surface area contributed by atoms with E-state index in [1.165, 1.54) is 0 Å². The summed E-state index contributed by atoms with van der Waals surface area (Å²) >= 11 is 5.44. The average Bonchev–Trinajstić information content (AvgIpc) is 2.87. The number of hydrogen-bond acceptors (Lipinski definition) is 4. The number of benzene rings is 1. The van der Waals surface area contributed by atoms with Crippen molar-refractivity contribution in [3.05, 3.63) is 23.0 Å². The number of imidazole rings is 1. The van der Waals surface area contributed by atoms with Gasteiger partial charge in [0.15, 0.2) is 14.6 Å². The van der Waals surface area contributed by atoms with Crippen LogP contribution < -0.4 is 4.74 Å². The van der Waals surface area contributed by atoms with Crippen molar-refractivity contribution in [2.24, 2.45) is 0 Å². The molecule has 0 bridgehead atoms. The summed E-state index contributed by atoms with van der Waals surface area (Å²) in [5.74, 6) is 1.08. The van der Waals surface area contributed by atoms with Crippen LogP contribution in [0.4, 0.5) is 0 Å². The van der Waals surface area contributed by atoms with Gasteiger partial charge in [-0.2, -0.15) is 0 Å². The predicted octanol–water partition coefficient (Wildman–Crippen LogP) is 2.63. The standard InChI is InChI=1S/C14H18N2O3S2/c1-3-19-11-6-4-5-10-12(11)15-13(20)16(10)14(2)7-8-21(17,18)9-14/h4-6H,3,7-9H2,1-2H3,(H,15,20). The van der Waals surface area contributed by atoms with E-state index in [9.17, 15) is 8.42 Å². The second-order valence-corrected chi connectivity index (χ2v) is 8.26. The molecule has 1 unspecified atom stereocenters. The third-order valence-electron chi connectivity index (χ3n) is 4.00. The van der Waals surface area contributed by atoms with E-state index in [0.29, 0.717) is 17.8 Å². The maximum Gasteiger partial charge on any atom is 0.178 e. The maximum atomic E-state index is 11.9. The first kappa shape index (κ1) is 14.6. The fourth-order valence-corrected chi connectivity index (χ4v) is 5.62. The quantitative estimate of drug-likeness (QED) is 0.881. The van der Waals surface area contributed by atoms with Gasteiger partial charge in [0.1, 0.15) is 11.3 Å². The summed E-state index contributed by atoms with van der Waals surface area (Å²) in [5, 5.41) is 0. The number of sulfone groups is 1. The SMILES string of the molecule is CCOc1cccc2c1[nH]c(=S)n2C1(C)CCS(=O)(=O)C1. The second kappa shape index (κ2) is 4.84. The van der Waals surface area contributed by atoms with E-state index < -0.39 is 15.4 Å². The van der Waals surface area contributed by atoms with Crippen molar-refractivity contribution >= 4 is 33.1 Å². The fourth-order valence-electron chi connectivity index (χ4n) is 3.09. The largest absolute Gasteiger partial charge is 0.492 e. The van der Waals surface area contributed by atoms with Gasteiger partial charge in [-0.1, -0.05) is 6.07 Å². The van der Waals surface area contributed by atoms with Crippen LogP contribution in [-0.4, -0.2) is 36.1 Å². The molecule has 1 fully saturated rings. The summed E-state index contributed by atoms with van der Waals surface area (Å²) < 4.78 is 31.8. The molecule has 0 saturated carbocycles. The van der Waals surface area contributed by atoms with Crippen LogP contribution >= 0.6 is 12.2 Å². The molecule has 0 spiro atoms. The Labute approximate surface area is 128 Å². The van der Waals surface area contributed by atoms with Crippen molar-refractivity contribution in [3.63, 3.8) is 0 Å². The lowest BCUT2D eigenvalue weighted by atomic mass is 10.0. The van der Waals surface area contributed by atoms with Crippen LogP contribution in [0.15, 0.2) is 18.2 Å². The molecule has 2 aromatic rings. The number of ether oxygens (including phenoxy) is 1. The lowest BCUT2D eigenvalue weighted by Crippen LogP contribution is -2.31. The van der Waals surface area contributed by atoms with Crippen molar-refractivity contribution in [2.45, 2.75) is 25.8 Å². The molecule has 3 rings (SSSR count). The minimum absolute atomic E-state index is 0.125. The van der Waals surface area contributed by atoms with Crippen molar-refractivity contribution in [1.82, 2.24) is 9.55 Å². The normalized spacial score (nSPS) is 24.5. The molecule has 1 aromatic heterocycles. The highest BCUT2D eigenvalue weighted by Crippen LogP contribution is 2.35. The number of aromatic amines is 1. The zero-order valence-corrected chi connectivity index (χ0v) is 13.7. The molecule has 0 amide bonds. The molecular formula is C14H18N2O3S2. The Hall–Kier alpha value is -1.34. The van der Waals surface area contributed by atoms with Crippen LogP contribution in [0.25, 0.3) is 11.0 Å². The molecule has 1 aliphatic rings. The summed E-state index contributed by atoms with van der Waals surface area (Å²) in [7, 11) is -3.00. The average molecular weight is 326 g/mol. The van der Waals surface area contributed by atoms with Gasteiger partial charge >= 0.3 is 0 Å². The second-order valence-electron chi connectivity index (χ2n) is 5.69. The molecule has 1 aromatic carbocycles. The van der Waals surface area contributed by atoms with Gasteiger partial charge in [0.05, 0.1) is 29.2 Å². The van der Waals surface area contributed by atoms with E-state index in [1.54, 1.807) is 0 Å².